The van der Waals surface area contributed by atoms with E-state index in [1.807, 2.05) is 0 Å². The highest BCUT2D eigenvalue weighted by atomic mass is 16.3. The van der Waals surface area contributed by atoms with E-state index in [1.54, 1.807) is 4.90 Å². The molecule has 1 heterocycles. The van der Waals surface area contributed by atoms with E-state index in [1.165, 1.54) is 6.92 Å². The molecule has 0 spiro atoms. The number of nitrogens with one attached hydrogen (secondary N) is 1. The van der Waals surface area contributed by atoms with Crippen LogP contribution in [0.25, 0.3) is 0 Å². The van der Waals surface area contributed by atoms with E-state index in [2.05, 4.69) is 5.32 Å². The first kappa shape index (κ1) is 13.9. The van der Waals surface area contributed by atoms with Gasteiger partial charge in [-0.2, -0.15) is 0 Å². The normalized spacial score (nSPS) is 17.3. The number of rotatable bonds is 4. The Morgan fingerprint density at radius 1 is 1.29 bits per heavy atom. The lowest BCUT2D eigenvalue weighted by atomic mass is 9.95. The van der Waals surface area contributed by atoms with Crippen LogP contribution in [0.15, 0.2) is 0 Å². The van der Waals surface area contributed by atoms with Gasteiger partial charge in [-0.3, -0.25) is 9.59 Å². The number of carbonyl (C=O) groups is 2. The molecule has 1 rings (SSSR count). The number of carbonyl (C=O) groups excluding carboxylic acids is 2. The van der Waals surface area contributed by atoms with Gasteiger partial charge in [-0.05, 0) is 12.8 Å². The Morgan fingerprint density at radius 2 is 1.82 bits per heavy atom. The van der Waals surface area contributed by atoms with Crippen molar-refractivity contribution < 1.29 is 19.8 Å². The molecule has 0 aromatic heterocycles. The van der Waals surface area contributed by atoms with Crippen molar-refractivity contribution in [3.63, 3.8) is 0 Å². The van der Waals surface area contributed by atoms with E-state index in [0.29, 0.717) is 25.9 Å². The number of amides is 2. The van der Waals surface area contributed by atoms with Crippen LogP contribution in [0, 0.1) is 5.92 Å². The van der Waals surface area contributed by atoms with Crippen molar-refractivity contribution in [1.29, 1.82) is 0 Å². The molecule has 0 aromatic rings. The number of piperidine rings is 1. The zero-order valence-electron chi connectivity index (χ0n) is 10.1. The van der Waals surface area contributed by atoms with Crippen LogP contribution in [0.3, 0.4) is 0 Å². The molecule has 1 fully saturated rings. The molecule has 0 atom stereocenters. The number of hydrogen-bond acceptors (Lipinski definition) is 4. The van der Waals surface area contributed by atoms with Crippen molar-refractivity contribution >= 4 is 11.8 Å². The average Bonchev–Trinajstić information content (AvgIpc) is 2.35. The average molecular weight is 244 g/mol. The summed E-state index contributed by atoms with van der Waals surface area (Å²) in [5, 5.41) is 20.3. The van der Waals surface area contributed by atoms with Crippen molar-refractivity contribution in [1.82, 2.24) is 10.2 Å². The molecule has 98 valence electrons. The molecule has 1 aliphatic heterocycles. The van der Waals surface area contributed by atoms with Crippen molar-refractivity contribution in [3.8, 4) is 0 Å². The second-order valence-corrected chi connectivity index (χ2v) is 4.35. The van der Waals surface area contributed by atoms with E-state index in [9.17, 15) is 9.59 Å². The van der Waals surface area contributed by atoms with Gasteiger partial charge in [0.2, 0.25) is 11.8 Å². The number of aliphatic hydroxyl groups is 2. The van der Waals surface area contributed by atoms with E-state index in [4.69, 9.17) is 10.2 Å². The largest absolute Gasteiger partial charge is 0.394 e. The molecule has 0 aliphatic carbocycles. The van der Waals surface area contributed by atoms with Gasteiger partial charge < -0.3 is 20.4 Å². The first-order valence-corrected chi connectivity index (χ1v) is 5.86. The standard InChI is InChI=1S/C11H20N2O4/c1-8(16)13-4-2-9(3-5-13)11(17)12-10(6-14)7-15/h9-10,14-15H,2-7H2,1H3,(H,12,17). The lowest BCUT2D eigenvalue weighted by Crippen LogP contribution is -2.47. The summed E-state index contributed by atoms with van der Waals surface area (Å²) < 4.78 is 0. The van der Waals surface area contributed by atoms with Gasteiger partial charge in [0.15, 0.2) is 0 Å². The van der Waals surface area contributed by atoms with Gasteiger partial charge in [0.1, 0.15) is 0 Å². The summed E-state index contributed by atoms with van der Waals surface area (Å²) in [6, 6.07) is -0.590. The summed E-state index contributed by atoms with van der Waals surface area (Å²) in [6.45, 7) is 2.17. The van der Waals surface area contributed by atoms with E-state index in [0.717, 1.165) is 0 Å². The van der Waals surface area contributed by atoms with Crippen LogP contribution in [0.2, 0.25) is 0 Å². The molecule has 6 nitrogen and oxygen atoms in total. The van der Waals surface area contributed by atoms with E-state index < -0.39 is 6.04 Å². The highest BCUT2D eigenvalue weighted by Crippen LogP contribution is 2.17. The summed E-state index contributed by atoms with van der Waals surface area (Å²) in [6.07, 6.45) is 1.27. The highest BCUT2D eigenvalue weighted by molar-refractivity contribution is 5.79. The van der Waals surface area contributed by atoms with Gasteiger partial charge >= 0.3 is 0 Å². The summed E-state index contributed by atoms with van der Waals surface area (Å²) >= 11 is 0. The highest BCUT2D eigenvalue weighted by Gasteiger charge is 2.26. The molecular weight excluding hydrogens is 224 g/mol. The maximum atomic E-state index is 11.8. The molecule has 3 N–H and O–H groups in total. The fraction of sp³-hybridized carbons (Fsp3) is 0.818. The predicted molar refractivity (Wildman–Crippen MR) is 61.1 cm³/mol. The minimum Gasteiger partial charge on any atom is -0.394 e. The van der Waals surface area contributed by atoms with E-state index >= 15 is 0 Å². The molecule has 1 aliphatic rings. The van der Waals surface area contributed by atoms with Crippen LogP contribution >= 0.6 is 0 Å². The quantitative estimate of drug-likeness (QED) is 0.574. The van der Waals surface area contributed by atoms with Crippen molar-refractivity contribution in [2.45, 2.75) is 25.8 Å². The van der Waals surface area contributed by atoms with Gasteiger partial charge in [-0.15, -0.1) is 0 Å². The Hall–Kier alpha value is -1.14. The first-order valence-electron chi connectivity index (χ1n) is 5.86. The summed E-state index contributed by atoms with van der Waals surface area (Å²) in [5.74, 6) is -0.250. The van der Waals surface area contributed by atoms with E-state index in [-0.39, 0.29) is 30.9 Å². The molecule has 0 aromatic carbocycles. The molecule has 6 heteroatoms. The zero-order chi connectivity index (χ0) is 12.8. The molecule has 0 saturated carbocycles. The van der Waals surface area contributed by atoms with Gasteiger partial charge in [-0.1, -0.05) is 0 Å². The third kappa shape index (κ3) is 3.98. The Morgan fingerprint density at radius 3 is 2.24 bits per heavy atom. The molecule has 1 saturated heterocycles. The number of likely N-dealkylation sites (tertiary alicyclic amines) is 1. The van der Waals surface area contributed by atoms with Crippen molar-refractivity contribution in [3.05, 3.63) is 0 Å². The van der Waals surface area contributed by atoms with Crippen LogP contribution in [-0.2, 0) is 9.59 Å². The first-order chi connectivity index (χ1) is 8.08. The Balaban J connectivity index is 2.38. The Bertz CT molecular complexity index is 271. The molecular formula is C11H20N2O4. The van der Waals surface area contributed by atoms with Crippen LogP contribution in [0.1, 0.15) is 19.8 Å². The lowest BCUT2D eigenvalue weighted by molar-refractivity contribution is -0.134. The van der Waals surface area contributed by atoms with Gasteiger partial charge in [0.25, 0.3) is 0 Å². The zero-order valence-corrected chi connectivity index (χ0v) is 10.1. The van der Waals surface area contributed by atoms with Crippen molar-refractivity contribution in [2.24, 2.45) is 5.92 Å². The maximum Gasteiger partial charge on any atom is 0.223 e. The maximum absolute atomic E-state index is 11.8. The van der Waals surface area contributed by atoms with Gasteiger partial charge in [-0.25, -0.2) is 0 Å². The van der Waals surface area contributed by atoms with Gasteiger partial charge in [0.05, 0.1) is 19.3 Å². The second kappa shape index (κ2) is 6.56. The minimum absolute atomic E-state index is 0.0347. The smallest absolute Gasteiger partial charge is 0.223 e. The minimum atomic E-state index is -0.590. The van der Waals surface area contributed by atoms with Crippen LogP contribution in [0.5, 0.6) is 0 Å². The van der Waals surface area contributed by atoms with Gasteiger partial charge in [0, 0.05) is 25.9 Å². The van der Waals surface area contributed by atoms with Crippen LogP contribution in [0.4, 0.5) is 0 Å². The molecule has 0 bridgehead atoms. The number of aliphatic hydroxyl groups excluding tert-OH is 2. The molecule has 0 unspecified atom stereocenters. The summed E-state index contributed by atoms with van der Waals surface area (Å²) in [4.78, 5) is 24.6. The Labute approximate surface area is 101 Å². The Kier molecular flexibility index (Phi) is 5.37. The monoisotopic (exact) mass is 244 g/mol. The topological polar surface area (TPSA) is 89.9 Å². The predicted octanol–water partition coefficient (Wildman–Crippen LogP) is -1.29. The van der Waals surface area contributed by atoms with Crippen LogP contribution in [-0.4, -0.2) is 59.3 Å². The fourth-order valence-corrected chi connectivity index (χ4v) is 1.92. The fourth-order valence-electron chi connectivity index (χ4n) is 1.92. The molecule has 0 radical (unpaired) electrons. The van der Waals surface area contributed by atoms with Crippen molar-refractivity contribution in [2.75, 3.05) is 26.3 Å². The van der Waals surface area contributed by atoms with Crippen LogP contribution < -0.4 is 5.32 Å². The second-order valence-electron chi connectivity index (χ2n) is 4.35. The third-order valence-corrected chi connectivity index (χ3v) is 3.10. The summed E-state index contributed by atoms with van der Waals surface area (Å²) in [7, 11) is 0. The lowest BCUT2D eigenvalue weighted by Gasteiger charge is -2.31. The molecule has 17 heavy (non-hydrogen) atoms. The SMILES string of the molecule is CC(=O)N1CCC(C(=O)NC(CO)CO)CC1. The molecule has 2 amide bonds. The third-order valence-electron chi connectivity index (χ3n) is 3.10. The number of nitrogens with zero attached hydrogens (tertiary/aromatic N) is 1. The summed E-state index contributed by atoms with van der Waals surface area (Å²) in [5.41, 5.74) is 0. The number of hydrogen-bond donors (Lipinski definition) is 3.